The number of nitrogens with one attached hydrogen (secondary N) is 1. The molecule has 0 bridgehead atoms. The zero-order valence-electron chi connectivity index (χ0n) is 12.8. The Morgan fingerprint density at radius 1 is 1.17 bits per heavy atom. The van der Waals surface area contributed by atoms with E-state index in [-0.39, 0.29) is 11.9 Å². The predicted octanol–water partition coefficient (Wildman–Crippen LogP) is 3.33. The van der Waals surface area contributed by atoms with Crippen molar-refractivity contribution in [3.63, 3.8) is 0 Å². The van der Waals surface area contributed by atoms with E-state index in [0.29, 0.717) is 23.3 Å². The maximum absolute atomic E-state index is 13.0. The standard InChI is InChI=1S/C16H16FN5O/c1-11(2)23-15-9-14(22-8-7-18-10-22)20-16(21-15)19-13-5-3-12(17)4-6-13/h3-11H,1-2H3,(H,19,20,21). The Morgan fingerprint density at radius 3 is 2.61 bits per heavy atom. The lowest BCUT2D eigenvalue weighted by Gasteiger charge is -2.13. The maximum Gasteiger partial charge on any atom is 0.232 e. The monoisotopic (exact) mass is 313 g/mol. The van der Waals surface area contributed by atoms with Crippen LogP contribution in [0, 0.1) is 5.82 Å². The van der Waals surface area contributed by atoms with E-state index in [4.69, 9.17) is 4.74 Å². The van der Waals surface area contributed by atoms with Crippen molar-refractivity contribution < 1.29 is 9.13 Å². The largest absolute Gasteiger partial charge is 0.475 e. The lowest BCUT2D eigenvalue weighted by atomic mass is 10.3. The van der Waals surface area contributed by atoms with Crippen molar-refractivity contribution in [2.24, 2.45) is 0 Å². The molecule has 3 aromatic rings. The molecule has 0 atom stereocenters. The zero-order valence-corrected chi connectivity index (χ0v) is 12.8. The summed E-state index contributed by atoms with van der Waals surface area (Å²) in [5.74, 6) is 1.13. The van der Waals surface area contributed by atoms with Gasteiger partial charge in [0.1, 0.15) is 18.0 Å². The first-order valence-corrected chi connectivity index (χ1v) is 7.17. The van der Waals surface area contributed by atoms with Gasteiger partial charge in [0.05, 0.1) is 6.10 Å². The number of aromatic nitrogens is 4. The Balaban J connectivity index is 1.94. The van der Waals surface area contributed by atoms with Crippen LogP contribution in [0.3, 0.4) is 0 Å². The Kier molecular flexibility index (Phi) is 4.18. The molecular formula is C16H16FN5O. The van der Waals surface area contributed by atoms with Crippen LogP contribution in [0.5, 0.6) is 5.88 Å². The second-order valence-corrected chi connectivity index (χ2v) is 5.16. The summed E-state index contributed by atoms with van der Waals surface area (Å²) in [7, 11) is 0. The molecule has 2 aromatic heterocycles. The summed E-state index contributed by atoms with van der Waals surface area (Å²) in [5, 5.41) is 3.04. The first kappa shape index (κ1) is 15.0. The minimum atomic E-state index is -0.299. The Labute approximate surface area is 133 Å². The number of hydrogen-bond acceptors (Lipinski definition) is 5. The number of imidazole rings is 1. The van der Waals surface area contributed by atoms with Crippen molar-refractivity contribution in [3.05, 3.63) is 54.9 Å². The van der Waals surface area contributed by atoms with E-state index >= 15 is 0 Å². The summed E-state index contributed by atoms with van der Waals surface area (Å²) in [4.78, 5) is 12.8. The van der Waals surface area contributed by atoms with Crippen molar-refractivity contribution in [2.75, 3.05) is 5.32 Å². The van der Waals surface area contributed by atoms with Crippen LogP contribution in [0.25, 0.3) is 5.82 Å². The van der Waals surface area contributed by atoms with Crippen LogP contribution in [0.2, 0.25) is 0 Å². The Bertz CT molecular complexity index is 772. The zero-order chi connectivity index (χ0) is 16.2. The number of hydrogen-bond donors (Lipinski definition) is 1. The molecule has 7 heteroatoms. The molecular weight excluding hydrogens is 297 g/mol. The van der Waals surface area contributed by atoms with Gasteiger partial charge in [-0.3, -0.25) is 4.57 Å². The van der Waals surface area contributed by atoms with Crippen molar-refractivity contribution in [2.45, 2.75) is 20.0 Å². The number of anilines is 2. The highest BCUT2D eigenvalue weighted by Gasteiger charge is 2.09. The van der Waals surface area contributed by atoms with E-state index < -0.39 is 0 Å². The average molecular weight is 313 g/mol. The fourth-order valence-electron chi connectivity index (χ4n) is 1.96. The quantitative estimate of drug-likeness (QED) is 0.782. The summed E-state index contributed by atoms with van der Waals surface area (Å²) in [5.41, 5.74) is 0.685. The van der Waals surface area contributed by atoms with Crippen LogP contribution in [0.4, 0.5) is 16.0 Å². The molecule has 118 valence electrons. The van der Waals surface area contributed by atoms with E-state index in [9.17, 15) is 4.39 Å². The first-order valence-electron chi connectivity index (χ1n) is 7.17. The van der Waals surface area contributed by atoms with Crippen molar-refractivity contribution >= 4 is 11.6 Å². The molecule has 0 saturated heterocycles. The van der Waals surface area contributed by atoms with Crippen molar-refractivity contribution in [1.29, 1.82) is 0 Å². The number of benzene rings is 1. The van der Waals surface area contributed by atoms with Gasteiger partial charge < -0.3 is 10.1 Å². The predicted molar refractivity (Wildman–Crippen MR) is 84.6 cm³/mol. The van der Waals surface area contributed by atoms with Crippen LogP contribution < -0.4 is 10.1 Å². The van der Waals surface area contributed by atoms with Gasteiger partial charge in [-0.15, -0.1) is 0 Å². The molecule has 0 radical (unpaired) electrons. The fourth-order valence-corrected chi connectivity index (χ4v) is 1.96. The maximum atomic E-state index is 13.0. The third-order valence-electron chi connectivity index (χ3n) is 2.91. The van der Waals surface area contributed by atoms with Gasteiger partial charge in [-0.25, -0.2) is 9.37 Å². The highest BCUT2D eigenvalue weighted by atomic mass is 19.1. The smallest absolute Gasteiger partial charge is 0.232 e. The second kappa shape index (κ2) is 6.43. The molecule has 3 rings (SSSR count). The third kappa shape index (κ3) is 3.82. The molecule has 2 heterocycles. The Hall–Kier alpha value is -2.96. The van der Waals surface area contributed by atoms with Crippen LogP contribution in [-0.2, 0) is 0 Å². The third-order valence-corrected chi connectivity index (χ3v) is 2.91. The minimum absolute atomic E-state index is 0.0146. The molecule has 23 heavy (non-hydrogen) atoms. The summed E-state index contributed by atoms with van der Waals surface area (Å²) in [6.45, 7) is 3.85. The van der Waals surface area contributed by atoms with Gasteiger partial charge in [-0.05, 0) is 38.1 Å². The van der Waals surface area contributed by atoms with Crippen molar-refractivity contribution in [1.82, 2.24) is 19.5 Å². The number of rotatable bonds is 5. The van der Waals surface area contributed by atoms with E-state index in [1.807, 2.05) is 13.8 Å². The molecule has 1 N–H and O–H groups in total. The lowest BCUT2D eigenvalue weighted by molar-refractivity contribution is 0.232. The molecule has 0 unspecified atom stereocenters. The normalized spacial score (nSPS) is 10.8. The topological polar surface area (TPSA) is 64.9 Å². The van der Waals surface area contributed by atoms with E-state index in [0.717, 1.165) is 0 Å². The average Bonchev–Trinajstić information content (AvgIpc) is 3.03. The molecule has 0 amide bonds. The lowest BCUT2D eigenvalue weighted by Crippen LogP contribution is -2.10. The SMILES string of the molecule is CC(C)Oc1cc(-n2ccnc2)nc(Nc2ccc(F)cc2)n1. The molecule has 0 saturated carbocycles. The number of halogens is 1. The van der Waals surface area contributed by atoms with Crippen LogP contribution in [0.15, 0.2) is 49.1 Å². The fraction of sp³-hybridized carbons (Fsp3) is 0.188. The summed E-state index contributed by atoms with van der Waals surface area (Å²) >= 11 is 0. The first-order chi connectivity index (χ1) is 11.1. The van der Waals surface area contributed by atoms with Gasteiger partial charge in [0.2, 0.25) is 11.8 Å². The molecule has 6 nitrogen and oxygen atoms in total. The van der Waals surface area contributed by atoms with Gasteiger partial charge in [0.15, 0.2) is 0 Å². The van der Waals surface area contributed by atoms with Gasteiger partial charge in [0, 0.05) is 24.1 Å². The highest BCUT2D eigenvalue weighted by Crippen LogP contribution is 2.20. The minimum Gasteiger partial charge on any atom is -0.475 e. The Morgan fingerprint density at radius 2 is 1.96 bits per heavy atom. The molecule has 1 aromatic carbocycles. The number of ether oxygens (including phenoxy) is 1. The molecule has 0 spiro atoms. The summed E-state index contributed by atoms with van der Waals surface area (Å²) < 4.78 is 20.4. The van der Waals surface area contributed by atoms with E-state index in [2.05, 4.69) is 20.3 Å². The van der Waals surface area contributed by atoms with Crippen LogP contribution in [0.1, 0.15) is 13.8 Å². The highest BCUT2D eigenvalue weighted by molar-refractivity contribution is 5.54. The number of nitrogens with zero attached hydrogens (tertiary/aromatic N) is 4. The van der Waals surface area contributed by atoms with Crippen LogP contribution >= 0.6 is 0 Å². The van der Waals surface area contributed by atoms with Gasteiger partial charge in [-0.1, -0.05) is 0 Å². The van der Waals surface area contributed by atoms with E-state index in [1.165, 1.54) is 12.1 Å². The second-order valence-electron chi connectivity index (χ2n) is 5.16. The molecule has 0 aliphatic rings. The van der Waals surface area contributed by atoms with Gasteiger partial charge >= 0.3 is 0 Å². The van der Waals surface area contributed by atoms with Crippen LogP contribution in [-0.4, -0.2) is 25.6 Å². The molecule has 0 fully saturated rings. The van der Waals surface area contributed by atoms with E-state index in [1.54, 1.807) is 41.5 Å². The van der Waals surface area contributed by atoms with Gasteiger partial charge in [0.25, 0.3) is 0 Å². The molecule has 0 aliphatic heterocycles. The van der Waals surface area contributed by atoms with Crippen molar-refractivity contribution in [3.8, 4) is 11.7 Å². The summed E-state index contributed by atoms with van der Waals surface area (Å²) in [6, 6.07) is 7.70. The molecule has 0 aliphatic carbocycles. The van der Waals surface area contributed by atoms with Gasteiger partial charge in [-0.2, -0.15) is 9.97 Å². The summed E-state index contributed by atoms with van der Waals surface area (Å²) in [6.07, 6.45) is 5.07.